The molecule has 2 heterocycles. The summed E-state index contributed by atoms with van der Waals surface area (Å²) in [5, 5.41) is 11.9. The fourth-order valence-corrected chi connectivity index (χ4v) is 1.94. The van der Waals surface area contributed by atoms with Crippen molar-refractivity contribution in [2.75, 3.05) is 0 Å². The summed E-state index contributed by atoms with van der Waals surface area (Å²) in [7, 11) is 1.92. The van der Waals surface area contributed by atoms with Gasteiger partial charge in [0.2, 0.25) is 0 Å². The number of H-pyrrole nitrogens is 1. The monoisotopic (exact) mass is 231 g/mol. The Kier molecular flexibility index (Phi) is 1.90. The van der Waals surface area contributed by atoms with Crippen molar-refractivity contribution in [3.05, 3.63) is 35.5 Å². The highest BCUT2D eigenvalue weighted by Crippen LogP contribution is 2.17. The Labute approximate surface area is 96.3 Å². The van der Waals surface area contributed by atoms with Crippen LogP contribution >= 0.6 is 12.2 Å². The van der Waals surface area contributed by atoms with Crippen molar-refractivity contribution >= 4 is 23.1 Å². The summed E-state index contributed by atoms with van der Waals surface area (Å²) < 4.78 is 4.25. The molecule has 0 fully saturated rings. The number of aromatic amines is 1. The van der Waals surface area contributed by atoms with Gasteiger partial charge in [-0.15, -0.1) is 0 Å². The molecule has 0 saturated heterocycles. The van der Waals surface area contributed by atoms with Crippen LogP contribution in [-0.4, -0.2) is 24.5 Å². The van der Waals surface area contributed by atoms with Gasteiger partial charge in [0, 0.05) is 12.4 Å². The zero-order valence-corrected chi connectivity index (χ0v) is 9.40. The van der Waals surface area contributed by atoms with Gasteiger partial charge in [0.25, 0.3) is 0 Å². The van der Waals surface area contributed by atoms with E-state index in [1.54, 1.807) is 6.33 Å². The molecule has 0 amide bonds. The van der Waals surface area contributed by atoms with E-state index >= 15 is 0 Å². The summed E-state index contributed by atoms with van der Waals surface area (Å²) in [6.45, 7) is 0. The van der Waals surface area contributed by atoms with Gasteiger partial charge in [0.1, 0.15) is 6.33 Å². The molecular weight excluding hydrogens is 222 g/mol. The second-order valence-electron chi connectivity index (χ2n) is 3.54. The Morgan fingerprint density at radius 2 is 2.25 bits per heavy atom. The van der Waals surface area contributed by atoms with Crippen molar-refractivity contribution in [3.63, 3.8) is 0 Å². The molecule has 6 heteroatoms. The molecule has 0 spiro atoms. The van der Waals surface area contributed by atoms with Crippen LogP contribution in [-0.2, 0) is 7.05 Å². The lowest BCUT2D eigenvalue weighted by molar-refractivity contribution is 0.797. The molecule has 1 N–H and O–H groups in total. The molecule has 0 bridgehead atoms. The average Bonchev–Trinajstić information content (AvgIpc) is 2.86. The summed E-state index contributed by atoms with van der Waals surface area (Å²) in [5.41, 5.74) is 2.08. The van der Waals surface area contributed by atoms with E-state index in [1.165, 1.54) is 0 Å². The first-order valence-corrected chi connectivity index (χ1v) is 5.21. The normalized spacial score (nSPS) is 11.1. The summed E-state index contributed by atoms with van der Waals surface area (Å²) in [6, 6.07) is 6.05. The van der Waals surface area contributed by atoms with E-state index in [4.69, 9.17) is 12.2 Å². The van der Waals surface area contributed by atoms with E-state index in [0.717, 1.165) is 16.6 Å². The number of nitrogens with one attached hydrogen (secondary N) is 1. The van der Waals surface area contributed by atoms with E-state index < -0.39 is 0 Å². The van der Waals surface area contributed by atoms with E-state index in [0.29, 0.717) is 4.77 Å². The van der Waals surface area contributed by atoms with E-state index in [9.17, 15) is 0 Å². The number of aromatic nitrogens is 5. The number of rotatable bonds is 1. The predicted octanol–water partition coefficient (Wildman–Crippen LogP) is 1.82. The Morgan fingerprint density at radius 3 is 3.00 bits per heavy atom. The quantitative estimate of drug-likeness (QED) is 0.650. The maximum Gasteiger partial charge on any atom is 0.199 e. The number of nitrogens with zero attached hydrogens (tertiary/aromatic N) is 4. The van der Waals surface area contributed by atoms with Crippen LogP contribution in [0.25, 0.3) is 16.6 Å². The van der Waals surface area contributed by atoms with E-state index in [2.05, 4.69) is 15.3 Å². The van der Waals surface area contributed by atoms with Gasteiger partial charge >= 0.3 is 0 Å². The lowest BCUT2D eigenvalue weighted by atomic mass is 10.2. The highest BCUT2D eigenvalue weighted by molar-refractivity contribution is 7.71. The van der Waals surface area contributed by atoms with Gasteiger partial charge in [-0.05, 0) is 30.4 Å². The molecule has 3 rings (SSSR count). The predicted molar refractivity (Wildman–Crippen MR) is 63.0 cm³/mol. The summed E-state index contributed by atoms with van der Waals surface area (Å²) in [5.74, 6) is 0. The summed E-state index contributed by atoms with van der Waals surface area (Å²) in [4.78, 5) is 0. The van der Waals surface area contributed by atoms with Gasteiger partial charge in [-0.1, -0.05) is 0 Å². The van der Waals surface area contributed by atoms with Gasteiger partial charge in [-0.2, -0.15) is 10.2 Å². The molecule has 0 aliphatic heterocycles. The van der Waals surface area contributed by atoms with Crippen LogP contribution in [0.4, 0.5) is 0 Å². The van der Waals surface area contributed by atoms with Gasteiger partial charge in [-0.3, -0.25) is 14.3 Å². The van der Waals surface area contributed by atoms with Crippen molar-refractivity contribution in [1.29, 1.82) is 0 Å². The smallest absolute Gasteiger partial charge is 0.199 e. The van der Waals surface area contributed by atoms with Crippen LogP contribution in [0.15, 0.2) is 30.7 Å². The molecule has 0 atom stereocenters. The molecule has 5 nitrogen and oxygen atoms in total. The number of fused-ring (bicyclic) bond motifs is 1. The van der Waals surface area contributed by atoms with Crippen molar-refractivity contribution < 1.29 is 0 Å². The highest BCUT2D eigenvalue weighted by Gasteiger charge is 2.03. The first-order chi connectivity index (χ1) is 7.75. The fraction of sp³-hybridized carbons (Fsp3) is 0.100. The number of aryl methyl sites for hydroxylation is 1. The molecule has 0 aliphatic rings. The van der Waals surface area contributed by atoms with Crippen molar-refractivity contribution in [3.8, 4) is 5.69 Å². The molecule has 0 saturated carbocycles. The average molecular weight is 231 g/mol. The van der Waals surface area contributed by atoms with Crippen LogP contribution in [0.3, 0.4) is 0 Å². The van der Waals surface area contributed by atoms with Crippen molar-refractivity contribution in [1.82, 2.24) is 24.5 Å². The third-order valence-corrected chi connectivity index (χ3v) is 2.85. The van der Waals surface area contributed by atoms with Gasteiger partial charge in [0.15, 0.2) is 4.77 Å². The summed E-state index contributed by atoms with van der Waals surface area (Å²) >= 11 is 5.12. The van der Waals surface area contributed by atoms with Gasteiger partial charge in [0.05, 0.1) is 17.4 Å². The zero-order valence-electron chi connectivity index (χ0n) is 8.58. The Balaban J connectivity index is 2.27. The highest BCUT2D eigenvalue weighted by atomic mass is 32.1. The van der Waals surface area contributed by atoms with Crippen molar-refractivity contribution in [2.24, 2.45) is 7.05 Å². The molecule has 16 heavy (non-hydrogen) atoms. The molecule has 80 valence electrons. The molecular formula is C10H9N5S. The van der Waals surface area contributed by atoms with Crippen molar-refractivity contribution in [2.45, 2.75) is 0 Å². The van der Waals surface area contributed by atoms with Crippen LogP contribution in [0.5, 0.6) is 0 Å². The minimum atomic E-state index is 0.586. The lowest BCUT2D eigenvalue weighted by Crippen LogP contribution is -1.92. The largest absolute Gasteiger partial charge is 0.275 e. The third-order valence-electron chi connectivity index (χ3n) is 2.56. The van der Waals surface area contributed by atoms with Crippen LogP contribution in [0.2, 0.25) is 0 Å². The lowest BCUT2D eigenvalue weighted by Gasteiger charge is -2.01. The van der Waals surface area contributed by atoms with Crippen LogP contribution in [0, 0.1) is 4.77 Å². The molecule has 0 radical (unpaired) electrons. The first-order valence-electron chi connectivity index (χ1n) is 4.80. The number of hydrogen-bond donors (Lipinski definition) is 1. The maximum absolute atomic E-state index is 5.12. The van der Waals surface area contributed by atoms with Gasteiger partial charge < -0.3 is 0 Å². The Hall–Kier alpha value is -1.95. The summed E-state index contributed by atoms with van der Waals surface area (Å²) in [6.07, 6.45) is 3.50. The van der Waals surface area contributed by atoms with E-state index in [-0.39, 0.29) is 0 Å². The molecule has 2 aromatic heterocycles. The minimum Gasteiger partial charge on any atom is -0.275 e. The van der Waals surface area contributed by atoms with Crippen LogP contribution in [0.1, 0.15) is 0 Å². The minimum absolute atomic E-state index is 0.586. The molecule has 3 aromatic rings. The second kappa shape index (κ2) is 3.28. The van der Waals surface area contributed by atoms with Gasteiger partial charge in [-0.25, -0.2) is 0 Å². The molecule has 1 aromatic carbocycles. The maximum atomic E-state index is 5.12. The van der Waals surface area contributed by atoms with Crippen LogP contribution < -0.4 is 0 Å². The Bertz CT molecular complexity index is 705. The standard InChI is InChI=1S/C10H9N5S/c1-14-9-3-2-8(4-7(9)5-12-14)15-6-11-13-10(15)16/h2-6H,1H3,(H,13,16). The number of benzene rings is 1. The third kappa shape index (κ3) is 1.27. The molecule has 0 aliphatic carbocycles. The SMILES string of the molecule is Cn1ncc2cc(-n3cn[nH]c3=S)ccc21. The van der Waals surface area contributed by atoms with E-state index in [1.807, 2.05) is 40.7 Å². The second-order valence-corrected chi connectivity index (χ2v) is 3.93. The fourth-order valence-electron chi connectivity index (χ4n) is 1.73. The zero-order chi connectivity index (χ0) is 11.1. The molecule has 0 unspecified atom stereocenters. The topological polar surface area (TPSA) is 51.4 Å². The number of hydrogen-bond acceptors (Lipinski definition) is 3. The first kappa shape index (κ1) is 9.29. The Morgan fingerprint density at radius 1 is 1.38 bits per heavy atom.